The second-order valence-electron chi connectivity index (χ2n) is 6.18. The van der Waals surface area contributed by atoms with Gasteiger partial charge in [0, 0.05) is 54.7 Å². The van der Waals surface area contributed by atoms with E-state index in [1.165, 1.54) is 0 Å². The van der Waals surface area contributed by atoms with Gasteiger partial charge in [0.2, 0.25) is 0 Å². The van der Waals surface area contributed by atoms with E-state index in [2.05, 4.69) is 20.0 Å². The summed E-state index contributed by atoms with van der Waals surface area (Å²) in [5.41, 5.74) is 2.75. The molecule has 0 aromatic carbocycles. The molecule has 0 bridgehead atoms. The van der Waals surface area contributed by atoms with Crippen LogP contribution < -0.4 is 10.5 Å². The SMILES string of the molecule is O=c1ccc(-c2cccnc2)nn1CC1CCCN1c1ccncc1. The molecule has 0 spiro atoms. The van der Waals surface area contributed by atoms with Crippen LogP contribution in [0.1, 0.15) is 12.8 Å². The number of nitrogens with zero attached hydrogens (tertiary/aromatic N) is 5. The molecule has 0 N–H and O–H groups in total. The Morgan fingerprint density at radius 3 is 2.72 bits per heavy atom. The van der Waals surface area contributed by atoms with Gasteiger partial charge in [-0.3, -0.25) is 14.8 Å². The summed E-state index contributed by atoms with van der Waals surface area (Å²) < 4.78 is 1.58. The first-order valence-corrected chi connectivity index (χ1v) is 8.46. The molecule has 6 heteroatoms. The topological polar surface area (TPSA) is 63.9 Å². The van der Waals surface area contributed by atoms with E-state index in [4.69, 9.17) is 0 Å². The summed E-state index contributed by atoms with van der Waals surface area (Å²) in [6.45, 7) is 1.57. The van der Waals surface area contributed by atoms with Crippen molar-refractivity contribution >= 4 is 5.69 Å². The molecule has 1 aliphatic rings. The fourth-order valence-electron chi connectivity index (χ4n) is 3.35. The Morgan fingerprint density at radius 1 is 1.04 bits per heavy atom. The first kappa shape index (κ1) is 15.5. The molecule has 0 amide bonds. The van der Waals surface area contributed by atoms with Gasteiger partial charge in [-0.25, -0.2) is 4.68 Å². The zero-order chi connectivity index (χ0) is 17.1. The summed E-state index contributed by atoms with van der Waals surface area (Å²) in [7, 11) is 0. The Bertz CT molecular complexity index is 894. The molecule has 1 unspecified atom stereocenters. The summed E-state index contributed by atoms with van der Waals surface area (Å²) in [5.74, 6) is 0. The summed E-state index contributed by atoms with van der Waals surface area (Å²) in [6, 6.07) is 11.4. The Hall–Kier alpha value is -3.02. The average molecular weight is 333 g/mol. The molecule has 4 rings (SSSR count). The van der Waals surface area contributed by atoms with Crippen LogP contribution in [0.3, 0.4) is 0 Å². The smallest absolute Gasteiger partial charge is 0.266 e. The molecular formula is C19H19N5O. The predicted octanol–water partition coefficient (Wildman–Crippen LogP) is 2.37. The standard InChI is InChI=1S/C19H19N5O/c25-19-6-5-18(15-3-1-9-21-13-15)22-24(19)14-17-4-2-12-23(17)16-7-10-20-11-8-16/h1,3,5-11,13,17H,2,4,12,14H2. The molecule has 4 heterocycles. The van der Waals surface area contributed by atoms with Crippen molar-refractivity contribution in [2.75, 3.05) is 11.4 Å². The van der Waals surface area contributed by atoms with Gasteiger partial charge in [0.1, 0.15) is 0 Å². The van der Waals surface area contributed by atoms with E-state index in [0.717, 1.165) is 36.3 Å². The maximum absolute atomic E-state index is 12.3. The monoisotopic (exact) mass is 333 g/mol. The van der Waals surface area contributed by atoms with Crippen LogP contribution in [0.2, 0.25) is 0 Å². The van der Waals surface area contributed by atoms with Crippen molar-refractivity contribution in [3.05, 3.63) is 71.5 Å². The molecule has 0 saturated carbocycles. The lowest BCUT2D eigenvalue weighted by atomic mass is 10.2. The minimum absolute atomic E-state index is 0.0748. The van der Waals surface area contributed by atoms with E-state index in [9.17, 15) is 4.79 Å². The van der Waals surface area contributed by atoms with E-state index < -0.39 is 0 Å². The highest BCUT2D eigenvalue weighted by Crippen LogP contribution is 2.25. The highest BCUT2D eigenvalue weighted by molar-refractivity contribution is 5.56. The molecule has 0 radical (unpaired) electrons. The first-order chi connectivity index (χ1) is 12.3. The molecule has 6 nitrogen and oxygen atoms in total. The number of rotatable bonds is 4. The van der Waals surface area contributed by atoms with Gasteiger partial charge in [0.25, 0.3) is 5.56 Å². The molecule has 1 saturated heterocycles. The zero-order valence-corrected chi connectivity index (χ0v) is 13.8. The van der Waals surface area contributed by atoms with Crippen molar-refractivity contribution in [3.63, 3.8) is 0 Å². The van der Waals surface area contributed by atoms with Crippen LogP contribution in [0.25, 0.3) is 11.3 Å². The molecule has 1 atom stereocenters. The van der Waals surface area contributed by atoms with Crippen LogP contribution in [0.5, 0.6) is 0 Å². The maximum Gasteiger partial charge on any atom is 0.266 e. The Kier molecular flexibility index (Phi) is 4.24. The quantitative estimate of drug-likeness (QED) is 0.733. The van der Waals surface area contributed by atoms with Gasteiger partial charge in [-0.1, -0.05) is 0 Å². The van der Waals surface area contributed by atoms with E-state index in [1.54, 1.807) is 41.6 Å². The summed E-state index contributed by atoms with van der Waals surface area (Å²) in [5, 5.41) is 4.56. The third-order valence-electron chi connectivity index (χ3n) is 4.58. The number of aromatic nitrogens is 4. The fraction of sp³-hybridized carbons (Fsp3) is 0.263. The van der Waals surface area contributed by atoms with Crippen LogP contribution in [-0.4, -0.2) is 32.3 Å². The number of hydrogen-bond donors (Lipinski definition) is 0. The molecule has 3 aromatic heterocycles. The molecule has 3 aromatic rings. The van der Waals surface area contributed by atoms with E-state index in [1.807, 2.05) is 24.3 Å². The average Bonchev–Trinajstić information content (AvgIpc) is 3.13. The van der Waals surface area contributed by atoms with Gasteiger partial charge in [-0.2, -0.15) is 5.10 Å². The first-order valence-electron chi connectivity index (χ1n) is 8.46. The Morgan fingerprint density at radius 2 is 1.92 bits per heavy atom. The van der Waals surface area contributed by atoms with Crippen LogP contribution in [0.15, 0.2) is 66.0 Å². The van der Waals surface area contributed by atoms with Crippen molar-refractivity contribution in [1.29, 1.82) is 0 Å². The third kappa shape index (κ3) is 3.28. The van der Waals surface area contributed by atoms with E-state index in [-0.39, 0.29) is 11.6 Å². The molecule has 25 heavy (non-hydrogen) atoms. The zero-order valence-electron chi connectivity index (χ0n) is 13.8. The fourth-order valence-corrected chi connectivity index (χ4v) is 3.35. The molecule has 1 aliphatic heterocycles. The highest BCUT2D eigenvalue weighted by atomic mass is 16.1. The van der Waals surface area contributed by atoms with Crippen molar-refractivity contribution in [2.24, 2.45) is 0 Å². The van der Waals surface area contributed by atoms with Gasteiger partial charge in [0.15, 0.2) is 0 Å². The van der Waals surface area contributed by atoms with E-state index >= 15 is 0 Å². The Labute approximate surface area is 145 Å². The van der Waals surface area contributed by atoms with Crippen molar-refractivity contribution < 1.29 is 0 Å². The molecule has 1 fully saturated rings. The summed E-state index contributed by atoms with van der Waals surface area (Å²) in [6.07, 6.45) is 9.26. The van der Waals surface area contributed by atoms with Gasteiger partial charge in [0.05, 0.1) is 12.2 Å². The van der Waals surface area contributed by atoms with Gasteiger partial charge >= 0.3 is 0 Å². The predicted molar refractivity (Wildman–Crippen MR) is 96.3 cm³/mol. The van der Waals surface area contributed by atoms with Crippen molar-refractivity contribution in [1.82, 2.24) is 19.7 Å². The van der Waals surface area contributed by atoms with Crippen LogP contribution in [0.4, 0.5) is 5.69 Å². The second-order valence-corrected chi connectivity index (χ2v) is 6.18. The number of hydrogen-bond acceptors (Lipinski definition) is 5. The van der Waals surface area contributed by atoms with Crippen LogP contribution >= 0.6 is 0 Å². The van der Waals surface area contributed by atoms with Crippen molar-refractivity contribution in [3.8, 4) is 11.3 Å². The lowest BCUT2D eigenvalue weighted by molar-refractivity contribution is 0.490. The lowest BCUT2D eigenvalue weighted by Crippen LogP contribution is -2.37. The van der Waals surface area contributed by atoms with Gasteiger partial charge < -0.3 is 4.90 Å². The van der Waals surface area contributed by atoms with Crippen molar-refractivity contribution in [2.45, 2.75) is 25.4 Å². The van der Waals surface area contributed by atoms with E-state index in [0.29, 0.717) is 6.54 Å². The highest BCUT2D eigenvalue weighted by Gasteiger charge is 2.25. The minimum atomic E-state index is -0.0748. The lowest BCUT2D eigenvalue weighted by Gasteiger charge is -2.26. The number of anilines is 1. The van der Waals surface area contributed by atoms with Crippen LogP contribution in [0, 0.1) is 0 Å². The molecule has 0 aliphatic carbocycles. The normalized spacial score (nSPS) is 17.0. The van der Waals surface area contributed by atoms with Crippen LogP contribution in [-0.2, 0) is 6.54 Å². The number of pyridine rings is 2. The largest absolute Gasteiger partial charge is 0.367 e. The minimum Gasteiger partial charge on any atom is -0.367 e. The van der Waals surface area contributed by atoms with Gasteiger partial charge in [-0.15, -0.1) is 0 Å². The third-order valence-corrected chi connectivity index (χ3v) is 4.58. The summed E-state index contributed by atoms with van der Waals surface area (Å²) in [4.78, 5) is 22.8. The summed E-state index contributed by atoms with van der Waals surface area (Å²) >= 11 is 0. The van der Waals surface area contributed by atoms with Gasteiger partial charge in [-0.05, 0) is 43.2 Å². The maximum atomic E-state index is 12.3. The molecule has 126 valence electrons. The molecular weight excluding hydrogens is 314 g/mol. The Balaban J connectivity index is 1.61. The second kappa shape index (κ2) is 6.84.